The molecular weight excluding hydrogens is 396 g/mol. The lowest BCUT2D eigenvalue weighted by Crippen LogP contribution is -2.16. The van der Waals surface area contributed by atoms with Crippen molar-refractivity contribution in [2.75, 3.05) is 13.2 Å². The van der Waals surface area contributed by atoms with Crippen LogP contribution in [-0.2, 0) is 9.53 Å². The lowest BCUT2D eigenvalue weighted by Gasteiger charge is -2.09. The van der Waals surface area contributed by atoms with E-state index >= 15 is 0 Å². The summed E-state index contributed by atoms with van der Waals surface area (Å²) in [5, 5.41) is 1.54. The number of hydrogen-bond acceptors (Lipinski definition) is 4. The Labute approximate surface area is 177 Å². The Balaban J connectivity index is 1.64. The summed E-state index contributed by atoms with van der Waals surface area (Å²) in [7, 11) is -0.351. The molecule has 0 N–H and O–H groups in total. The van der Waals surface area contributed by atoms with E-state index in [1.807, 2.05) is 72.8 Å². The molecule has 4 rings (SSSR count). The smallest absolute Gasteiger partial charge is 0.308 e. The van der Waals surface area contributed by atoms with Crippen LogP contribution in [-0.4, -0.2) is 19.2 Å². The first kappa shape index (κ1) is 20.1. The summed E-state index contributed by atoms with van der Waals surface area (Å²) in [5.74, 6) is 0.357. The Kier molecular flexibility index (Phi) is 5.81. The van der Waals surface area contributed by atoms with E-state index in [4.69, 9.17) is 9.47 Å². The second-order valence-electron chi connectivity index (χ2n) is 7.27. The van der Waals surface area contributed by atoms with E-state index in [2.05, 4.69) is 0 Å². The maximum absolute atomic E-state index is 12.9. The summed E-state index contributed by atoms with van der Waals surface area (Å²) in [6.45, 7) is 4.14. The van der Waals surface area contributed by atoms with Crippen molar-refractivity contribution < 1.29 is 14.3 Å². The number of rotatable bonds is 6. The molecule has 0 fully saturated rings. The van der Waals surface area contributed by atoms with Gasteiger partial charge in [-0.25, -0.2) is 0 Å². The van der Waals surface area contributed by atoms with Crippen LogP contribution in [0.25, 0.3) is 25.1 Å². The summed E-state index contributed by atoms with van der Waals surface area (Å²) in [5.41, 5.74) is 0.0841. The normalized spacial score (nSPS) is 11.2. The molecule has 0 aliphatic rings. The fraction of sp³-hybridized carbons (Fsp3) is 0.200. The van der Waals surface area contributed by atoms with E-state index in [1.165, 1.54) is 0 Å². The first-order valence-corrected chi connectivity index (χ1v) is 11.2. The van der Waals surface area contributed by atoms with Crippen molar-refractivity contribution in [1.29, 1.82) is 0 Å². The molecule has 0 unspecified atom stereocenters. The second kappa shape index (κ2) is 8.67. The number of carbonyl (C=O) groups is 1. The summed E-state index contributed by atoms with van der Waals surface area (Å²) in [4.78, 5) is 25.5. The molecule has 0 aliphatic heterocycles. The molecule has 0 atom stereocenters. The van der Waals surface area contributed by atoms with Gasteiger partial charge in [0, 0.05) is 22.6 Å². The molecule has 5 heteroatoms. The number of fused-ring (bicyclic) bond motifs is 2. The van der Waals surface area contributed by atoms with Crippen molar-refractivity contribution in [3.63, 3.8) is 0 Å². The maximum Gasteiger partial charge on any atom is 0.308 e. The molecule has 0 saturated heterocycles. The molecule has 1 aromatic heterocycles. The molecule has 30 heavy (non-hydrogen) atoms. The van der Waals surface area contributed by atoms with Crippen LogP contribution in [0.5, 0.6) is 5.75 Å². The molecule has 152 valence electrons. The molecule has 0 radical (unpaired) electrons. The van der Waals surface area contributed by atoms with Gasteiger partial charge in [-0.05, 0) is 36.4 Å². The van der Waals surface area contributed by atoms with E-state index in [0.29, 0.717) is 6.61 Å². The maximum atomic E-state index is 12.9. The van der Waals surface area contributed by atoms with Crippen LogP contribution in [0.4, 0.5) is 0 Å². The Morgan fingerprint density at radius 2 is 1.40 bits per heavy atom. The Hall–Kier alpha value is -3.18. The molecule has 0 saturated carbocycles. The van der Waals surface area contributed by atoms with Crippen molar-refractivity contribution in [3.8, 4) is 10.6 Å². The molecule has 0 aliphatic carbocycles. The predicted octanol–water partition coefficient (Wildman–Crippen LogP) is 5.67. The van der Waals surface area contributed by atoms with Crippen molar-refractivity contribution >= 4 is 36.6 Å². The quantitative estimate of drug-likeness (QED) is 0.175. The van der Waals surface area contributed by atoms with Gasteiger partial charge in [-0.3, -0.25) is 9.59 Å². The third-order valence-corrected chi connectivity index (χ3v) is 7.17. The number of esters is 1. The van der Waals surface area contributed by atoms with Gasteiger partial charge in [-0.1, -0.05) is 38.1 Å². The van der Waals surface area contributed by atoms with Crippen LogP contribution in [0.2, 0.25) is 0 Å². The third kappa shape index (κ3) is 3.94. The Morgan fingerprint density at radius 3 is 1.97 bits per heavy atom. The SMILES string of the molecule is CC(C)C(=O)OCCOc1ccc(-[s+]2c3ccccc3c(=O)c3ccccc32)cc1. The highest BCUT2D eigenvalue weighted by atomic mass is 32.2. The van der Waals surface area contributed by atoms with Gasteiger partial charge in [0.1, 0.15) is 19.0 Å². The van der Waals surface area contributed by atoms with Crippen LogP contribution >= 0.6 is 10.5 Å². The van der Waals surface area contributed by atoms with Gasteiger partial charge < -0.3 is 9.47 Å². The van der Waals surface area contributed by atoms with Gasteiger partial charge in [0.15, 0.2) is 14.3 Å². The first-order chi connectivity index (χ1) is 14.6. The average molecular weight is 420 g/mol. The van der Waals surface area contributed by atoms with E-state index in [-0.39, 0.29) is 34.4 Å². The van der Waals surface area contributed by atoms with E-state index < -0.39 is 0 Å². The zero-order valence-electron chi connectivity index (χ0n) is 17.0. The molecule has 4 aromatic rings. The van der Waals surface area contributed by atoms with Crippen molar-refractivity contribution in [3.05, 3.63) is 83.0 Å². The Bertz CT molecular complexity index is 1200. The summed E-state index contributed by atoms with van der Waals surface area (Å²) < 4.78 is 12.9. The van der Waals surface area contributed by atoms with Gasteiger partial charge in [0.05, 0.1) is 16.7 Å². The van der Waals surface area contributed by atoms with Crippen LogP contribution in [0.3, 0.4) is 0 Å². The second-order valence-corrected chi connectivity index (χ2v) is 9.23. The van der Waals surface area contributed by atoms with E-state index in [1.54, 1.807) is 13.8 Å². The van der Waals surface area contributed by atoms with E-state index in [0.717, 1.165) is 30.8 Å². The summed E-state index contributed by atoms with van der Waals surface area (Å²) in [6.07, 6.45) is 0. The zero-order valence-corrected chi connectivity index (χ0v) is 17.8. The largest absolute Gasteiger partial charge is 0.490 e. The minimum atomic E-state index is -0.351. The van der Waals surface area contributed by atoms with Crippen molar-refractivity contribution in [2.45, 2.75) is 13.8 Å². The lowest BCUT2D eigenvalue weighted by atomic mass is 10.2. The van der Waals surface area contributed by atoms with Crippen molar-refractivity contribution in [1.82, 2.24) is 0 Å². The van der Waals surface area contributed by atoms with Crippen LogP contribution < -0.4 is 10.2 Å². The topological polar surface area (TPSA) is 52.6 Å². The predicted molar refractivity (Wildman–Crippen MR) is 123 cm³/mol. The number of hydrogen-bond donors (Lipinski definition) is 0. The number of carbonyl (C=O) groups excluding carboxylic acids is 1. The Morgan fingerprint density at radius 1 is 0.833 bits per heavy atom. The fourth-order valence-electron chi connectivity index (χ4n) is 3.32. The van der Waals surface area contributed by atoms with Gasteiger partial charge in [0.25, 0.3) is 0 Å². The summed E-state index contributed by atoms with van der Waals surface area (Å²) in [6, 6.07) is 23.6. The van der Waals surface area contributed by atoms with Gasteiger partial charge in [0.2, 0.25) is 5.43 Å². The summed E-state index contributed by atoms with van der Waals surface area (Å²) >= 11 is 0. The molecule has 0 spiro atoms. The molecule has 0 bridgehead atoms. The number of benzene rings is 3. The van der Waals surface area contributed by atoms with Gasteiger partial charge >= 0.3 is 5.97 Å². The zero-order chi connectivity index (χ0) is 21.1. The van der Waals surface area contributed by atoms with Crippen molar-refractivity contribution in [2.24, 2.45) is 5.92 Å². The van der Waals surface area contributed by atoms with Crippen LogP contribution in [0.15, 0.2) is 77.6 Å². The molecular formula is C25H23O4S+. The molecule has 4 nitrogen and oxygen atoms in total. The van der Waals surface area contributed by atoms with Crippen LogP contribution in [0.1, 0.15) is 13.8 Å². The minimum Gasteiger partial charge on any atom is -0.490 e. The minimum absolute atomic E-state index is 0.0841. The molecule has 1 heterocycles. The average Bonchev–Trinajstić information content (AvgIpc) is 2.77. The van der Waals surface area contributed by atoms with Crippen LogP contribution in [0, 0.1) is 5.92 Å². The standard InChI is InChI=1S/C25H23O4S/c1-17(2)25(27)29-16-15-28-18-11-13-19(14-12-18)30-22-9-5-3-7-20(22)24(26)21-8-4-6-10-23(21)30/h3-14,17H,15-16H2,1-2H3/q+1. The molecule has 3 aromatic carbocycles. The van der Waals surface area contributed by atoms with Gasteiger partial charge in [-0.15, -0.1) is 0 Å². The first-order valence-electron chi connectivity index (χ1n) is 9.93. The number of ether oxygens (including phenoxy) is 2. The lowest BCUT2D eigenvalue weighted by molar-refractivity contribution is -0.148. The third-order valence-electron chi connectivity index (χ3n) is 4.83. The highest BCUT2D eigenvalue weighted by Gasteiger charge is 2.22. The highest BCUT2D eigenvalue weighted by Crippen LogP contribution is 2.43. The highest BCUT2D eigenvalue weighted by molar-refractivity contribution is 7.49. The monoisotopic (exact) mass is 419 g/mol. The fourth-order valence-corrected chi connectivity index (χ4v) is 5.67. The van der Waals surface area contributed by atoms with E-state index in [9.17, 15) is 9.59 Å². The molecule has 0 amide bonds. The van der Waals surface area contributed by atoms with Gasteiger partial charge in [-0.2, -0.15) is 0 Å².